The van der Waals surface area contributed by atoms with Gasteiger partial charge in [0.25, 0.3) is 0 Å². The molecule has 138 valence electrons. The Labute approximate surface area is 158 Å². The number of nitrogens with zero attached hydrogens (tertiary/aromatic N) is 3. The number of nitrogens with one attached hydrogen (secondary N) is 2. The largest absolute Gasteiger partial charge is 0.342 e. The molecule has 6 heteroatoms. The Morgan fingerprint density at radius 1 is 1.07 bits per heavy atom. The summed E-state index contributed by atoms with van der Waals surface area (Å²) in [5, 5.41) is 10.7. The molecular weight excluding hydrogens is 338 g/mol. The van der Waals surface area contributed by atoms with E-state index >= 15 is 0 Å². The van der Waals surface area contributed by atoms with Gasteiger partial charge < -0.3 is 10.2 Å². The number of hydrogen-bond donors (Lipinski definition) is 2. The van der Waals surface area contributed by atoms with Gasteiger partial charge in [-0.25, -0.2) is 4.98 Å². The highest BCUT2D eigenvalue weighted by Gasteiger charge is 2.25. The van der Waals surface area contributed by atoms with Gasteiger partial charge in [-0.05, 0) is 30.5 Å². The minimum absolute atomic E-state index is 0.210. The fourth-order valence-corrected chi connectivity index (χ4v) is 3.50. The summed E-state index contributed by atoms with van der Waals surface area (Å²) < 4.78 is 0. The van der Waals surface area contributed by atoms with Gasteiger partial charge in [0.15, 0.2) is 5.82 Å². The molecule has 1 fully saturated rings. The molecule has 0 bridgehead atoms. The van der Waals surface area contributed by atoms with Crippen LogP contribution in [-0.2, 0) is 11.2 Å². The van der Waals surface area contributed by atoms with Crippen LogP contribution in [0.2, 0.25) is 0 Å². The SMILES string of the molecule is O=C(Cc1ccccc1)N1CCC(c2cc(Nc3ccccn3)n[nH]2)CC1. The lowest BCUT2D eigenvalue weighted by Crippen LogP contribution is -2.38. The van der Waals surface area contributed by atoms with E-state index in [0.29, 0.717) is 12.3 Å². The number of aromatic nitrogens is 3. The van der Waals surface area contributed by atoms with Crippen LogP contribution in [-0.4, -0.2) is 39.1 Å². The quantitative estimate of drug-likeness (QED) is 0.729. The maximum Gasteiger partial charge on any atom is 0.226 e. The van der Waals surface area contributed by atoms with Crippen LogP contribution in [0.5, 0.6) is 0 Å². The lowest BCUT2D eigenvalue weighted by molar-refractivity contribution is -0.131. The molecule has 0 saturated carbocycles. The first kappa shape index (κ1) is 17.3. The van der Waals surface area contributed by atoms with Crippen molar-refractivity contribution in [2.45, 2.75) is 25.2 Å². The zero-order valence-electron chi connectivity index (χ0n) is 15.1. The number of hydrogen-bond acceptors (Lipinski definition) is 4. The Morgan fingerprint density at radius 3 is 2.59 bits per heavy atom. The third kappa shape index (κ3) is 4.34. The highest BCUT2D eigenvalue weighted by molar-refractivity contribution is 5.78. The lowest BCUT2D eigenvalue weighted by Gasteiger charge is -2.31. The molecule has 0 aliphatic carbocycles. The maximum absolute atomic E-state index is 12.5. The summed E-state index contributed by atoms with van der Waals surface area (Å²) >= 11 is 0. The first-order valence-electron chi connectivity index (χ1n) is 9.33. The van der Waals surface area contributed by atoms with Gasteiger partial charge in [0.1, 0.15) is 5.82 Å². The molecule has 0 atom stereocenters. The molecule has 1 amide bonds. The van der Waals surface area contributed by atoms with Crippen LogP contribution in [0.25, 0.3) is 0 Å². The van der Waals surface area contributed by atoms with Gasteiger partial charge in [-0.2, -0.15) is 5.10 Å². The summed E-state index contributed by atoms with van der Waals surface area (Å²) in [6.07, 6.45) is 4.13. The highest BCUT2D eigenvalue weighted by atomic mass is 16.2. The average molecular weight is 361 g/mol. The van der Waals surface area contributed by atoms with Crippen LogP contribution < -0.4 is 5.32 Å². The minimum Gasteiger partial charge on any atom is -0.342 e. The van der Waals surface area contributed by atoms with Crippen molar-refractivity contribution in [1.82, 2.24) is 20.1 Å². The van der Waals surface area contributed by atoms with E-state index in [1.165, 1.54) is 0 Å². The van der Waals surface area contributed by atoms with Crippen molar-refractivity contribution < 1.29 is 4.79 Å². The molecule has 0 spiro atoms. The summed E-state index contributed by atoms with van der Waals surface area (Å²) in [5.41, 5.74) is 2.19. The van der Waals surface area contributed by atoms with Crippen molar-refractivity contribution >= 4 is 17.5 Å². The molecular formula is C21H23N5O. The number of likely N-dealkylation sites (tertiary alicyclic amines) is 1. The number of benzene rings is 1. The number of amides is 1. The number of rotatable bonds is 5. The number of carbonyl (C=O) groups excluding carboxylic acids is 1. The van der Waals surface area contributed by atoms with Crippen molar-refractivity contribution in [3.8, 4) is 0 Å². The Hall–Kier alpha value is -3.15. The fraction of sp³-hybridized carbons (Fsp3) is 0.286. The van der Waals surface area contributed by atoms with Gasteiger partial charge in [0.05, 0.1) is 6.42 Å². The molecule has 0 radical (unpaired) electrons. The van der Waals surface area contributed by atoms with Crippen molar-refractivity contribution in [1.29, 1.82) is 0 Å². The molecule has 1 saturated heterocycles. The summed E-state index contributed by atoms with van der Waals surface area (Å²) in [7, 11) is 0. The molecule has 1 aliphatic rings. The fourth-order valence-electron chi connectivity index (χ4n) is 3.50. The van der Waals surface area contributed by atoms with E-state index in [2.05, 4.69) is 20.5 Å². The van der Waals surface area contributed by atoms with Gasteiger partial charge in [-0.3, -0.25) is 9.89 Å². The topological polar surface area (TPSA) is 73.9 Å². The van der Waals surface area contributed by atoms with Crippen molar-refractivity contribution in [3.05, 3.63) is 72.1 Å². The minimum atomic E-state index is 0.210. The Kier molecular flexibility index (Phi) is 5.14. The average Bonchev–Trinajstić information content (AvgIpc) is 3.18. The monoisotopic (exact) mass is 361 g/mol. The summed E-state index contributed by atoms with van der Waals surface area (Å²) in [6.45, 7) is 1.58. The van der Waals surface area contributed by atoms with Gasteiger partial charge in [0, 0.05) is 37.0 Å². The van der Waals surface area contributed by atoms with E-state index in [9.17, 15) is 4.79 Å². The van der Waals surface area contributed by atoms with E-state index in [1.807, 2.05) is 59.5 Å². The Balaban J connectivity index is 1.31. The van der Waals surface area contributed by atoms with Crippen LogP contribution in [0.4, 0.5) is 11.6 Å². The third-order valence-corrected chi connectivity index (χ3v) is 5.00. The number of piperidine rings is 1. The Morgan fingerprint density at radius 2 is 1.85 bits per heavy atom. The second-order valence-electron chi connectivity index (χ2n) is 6.87. The molecule has 2 N–H and O–H groups in total. The lowest BCUT2D eigenvalue weighted by atomic mass is 9.93. The number of H-pyrrole nitrogens is 1. The van der Waals surface area contributed by atoms with E-state index in [4.69, 9.17) is 0 Å². The molecule has 4 rings (SSSR count). The predicted molar refractivity (Wildman–Crippen MR) is 105 cm³/mol. The highest BCUT2D eigenvalue weighted by Crippen LogP contribution is 2.28. The zero-order chi connectivity index (χ0) is 18.5. The van der Waals surface area contributed by atoms with E-state index in [1.54, 1.807) is 6.20 Å². The molecule has 0 unspecified atom stereocenters. The van der Waals surface area contributed by atoms with Crippen molar-refractivity contribution in [3.63, 3.8) is 0 Å². The van der Waals surface area contributed by atoms with E-state index in [-0.39, 0.29) is 5.91 Å². The third-order valence-electron chi connectivity index (χ3n) is 5.00. The zero-order valence-corrected chi connectivity index (χ0v) is 15.1. The number of anilines is 2. The maximum atomic E-state index is 12.5. The van der Waals surface area contributed by atoms with Gasteiger partial charge >= 0.3 is 0 Å². The normalized spacial score (nSPS) is 14.9. The van der Waals surface area contributed by atoms with Crippen LogP contribution in [0.3, 0.4) is 0 Å². The van der Waals surface area contributed by atoms with E-state index < -0.39 is 0 Å². The predicted octanol–water partition coefficient (Wildman–Crippen LogP) is 3.50. The number of carbonyl (C=O) groups is 1. The molecule has 6 nitrogen and oxygen atoms in total. The van der Waals surface area contributed by atoms with Crippen LogP contribution >= 0.6 is 0 Å². The van der Waals surface area contributed by atoms with Crippen molar-refractivity contribution in [2.75, 3.05) is 18.4 Å². The van der Waals surface area contributed by atoms with E-state index in [0.717, 1.165) is 48.8 Å². The number of aromatic amines is 1. The van der Waals surface area contributed by atoms with Crippen molar-refractivity contribution in [2.24, 2.45) is 0 Å². The standard InChI is InChI=1S/C21H23N5O/c27-21(14-16-6-2-1-3-7-16)26-12-9-17(10-13-26)18-15-20(25-24-18)23-19-8-4-5-11-22-19/h1-8,11,15,17H,9-10,12-14H2,(H2,22,23,24,25). The first-order valence-corrected chi connectivity index (χ1v) is 9.33. The molecule has 1 aromatic carbocycles. The van der Waals surface area contributed by atoms with Crippen LogP contribution in [0, 0.1) is 0 Å². The second-order valence-corrected chi connectivity index (χ2v) is 6.87. The molecule has 27 heavy (non-hydrogen) atoms. The van der Waals surface area contributed by atoms with Crippen LogP contribution in [0.1, 0.15) is 30.0 Å². The Bertz CT molecular complexity index is 870. The molecule has 3 aromatic rings. The van der Waals surface area contributed by atoms with Gasteiger partial charge in [-0.1, -0.05) is 36.4 Å². The summed E-state index contributed by atoms with van der Waals surface area (Å²) in [6, 6.07) is 17.7. The molecule has 3 heterocycles. The number of pyridine rings is 1. The van der Waals surface area contributed by atoms with Crippen LogP contribution in [0.15, 0.2) is 60.8 Å². The summed E-state index contributed by atoms with van der Waals surface area (Å²) in [5.74, 6) is 2.16. The molecule has 1 aliphatic heterocycles. The second kappa shape index (κ2) is 8.03. The summed E-state index contributed by atoms with van der Waals surface area (Å²) in [4.78, 5) is 18.7. The van der Waals surface area contributed by atoms with Gasteiger partial charge in [0.2, 0.25) is 5.91 Å². The smallest absolute Gasteiger partial charge is 0.226 e. The van der Waals surface area contributed by atoms with Gasteiger partial charge in [-0.15, -0.1) is 0 Å². The molecule has 2 aromatic heterocycles. The first-order chi connectivity index (χ1) is 13.3.